The lowest BCUT2D eigenvalue weighted by atomic mass is 10.2. The molecule has 3 atom stereocenters. The van der Waals surface area contributed by atoms with Crippen molar-refractivity contribution in [2.45, 2.75) is 31.6 Å². The number of rotatable bonds is 6. The van der Waals surface area contributed by atoms with Gasteiger partial charge in [0, 0.05) is 39.8 Å². The fraction of sp³-hybridized carbons (Fsp3) is 0.636. The maximum absolute atomic E-state index is 11.2. The second-order valence-electron chi connectivity index (χ2n) is 3.69. The highest BCUT2D eigenvalue weighted by atomic mass is 32.2. The van der Waals surface area contributed by atoms with Crippen molar-refractivity contribution in [3.8, 4) is 0 Å². The summed E-state index contributed by atoms with van der Waals surface area (Å²) >= 11 is 1.78. The van der Waals surface area contributed by atoms with E-state index in [0.717, 1.165) is 13.0 Å². The first-order valence-electron chi connectivity index (χ1n) is 5.24. The average molecular weight is 245 g/mol. The van der Waals surface area contributed by atoms with E-state index in [0.29, 0.717) is 6.04 Å². The average Bonchev–Trinajstić information content (AvgIpc) is 2.71. The Morgan fingerprint density at radius 2 is 2.33 bits per heavy atom. The SMILES string of the molecule is CCC(NCC(C)S(C)=O)c1cccs1. The summed E-state index contributed by atoms with van der Waals surface area (Å²) in [5, 5.41) is 5.79. The van der Waals surface area contributed by atoms with E-state index >= 15 is 0 Å². The first kappa shape index (κ1) is 12.9. The van der Waals surface area contributed by atoms with Crippen molar-refractivity contribution >= 4 is 22.1 Å². The van der Waals surface area contributed by atoms with Gasteiger partial charge in [0.1, 0.15) is 0 Å². The molecule has 0 saturated carbocycles. The highest BCUT2D eigenvalue weighted by Crippen LogP contribution is 2.21. The molecule has 1 N–H and O–H groups in total. The Morgan fingerprint density at radius 1 is 1.60 bits per heavy atom. The highest BCUT2D eigenvalue weighted by molar-refractivity contribution is 7.84. The third kappa shape index (κ3) is 4.05. The first-order chi connectivity index (χ1) is 7.15. The van der Waals surface area contributed by atoms with E-state index in [-0.39, 0.29) is 5.25 Å². The number of hydrogen-bond donors (Lipinski definition) is 1. The second-order valence-corrected chi connectivity index (χ2v) is 6.47. The Balaban J connectivity index is 2.45. The fourth-order valence-corrected chi connectivity index (χ4v) is 2.58. The molecule has 1 aromatic heterocycles. The zero-order chi connectivity index (χ0) is 11.3. The van der Waals surface area contributed by atoms with Crippen LogP contribution in [0.5, 0.6) is 0 Å². The number of nitrogens with one attached hydrogen (secondary N) is 1. The summed E-state index contributed by atoms with van der Waals surface area (Å²) in [7, 11) is -0.735. The van der Waals surface area contributed by atoms with Gasteiger partial charge in [-0.25, -0.2) is 0 Å². The Hall–Kier alpha value is -0.190. The lowest BCUT2D eigenvalue weighted by molar-refractivity contribution is 0.526. The molecule has 0 amide bonds. The molecule has 1 rings (SSSR count). The number of thiophene rings is 1. The molecule has 1 aromatic rings. The van der Waals surface area contributed by atoms with Crippen molar-refractivity contribution in [2.24, 2.45) is 0 Å². The van der Waals surface area contributed by atoms with Crippen molar-refractivity contribution in [2.75, 3.05) is 12.8 Å². The molecule has 0 aromatic carbocycles. The minimum Gasteiger partial charge on any atom is -0.308 e. The Bertz CT molecular complexity index is 298. The van der Waals surface area contributed by atoms with E-state index in [1.54, 1.807) is 17.6 Å². The zero-order valence-electron chi connectivity index (χ0n) is 9.53. The Kier molecular flexibility index (Phi) is 5.50. The molecule has 0 aliphatic carbocycles. The van der Waals surface area contributed by atoms with Gasteiger partial charge in [-0.3, -0.25) is 4.21 Å². The molecule has 0 aliphatic heterocycles. The van der Waals surface area contributed by atoms with Crippen LogP contribution >= 0.6 is 11.3 Å². The van der Waals surface area contributed by atoms with Crippen LogP contribution < -0.4 is 5.32 Å². The minimum absolute atomic E-state index is 0.221. The lowest BCUT2D eigenvalue weighted by Crippen LogP contribution is -2.30. The van der Waals surface area contributed by atoms with Crippen LogP contribution in [0, 0.1) is 0 Å². The van der Waals surface area contributed by atoms with Gasteiger partial charge in [0.15, 0.2) is 0 Å². The summed E-state index contributed by atoms with van der Waals surface area (Å²) < 4.78 is 11.2. The molecule has 4 heteroatoms. The van der Waals surface area contributed by atoms with Crippen molar-refractivity contribution in [3.05, 3.63) is 22.4 Å². The van der Waals surface area contributed by atoms with Crippen LogP contribution in [-0.2, 0) is 10.8 Å². The van der Waals surface area contributed by atoms with E-state index < -0.39 is 10.8 Å². The van der Waals surface area contributed by atoms with Gasteiger partial charge < -0.3 is 5.32 Å². The minimum atomic E-state index is -0.735. The summed E-state index contributed by atoms with van der Waals surface area (Å²) in [5.41, 5.74) is 0. The van der Waals surface area contributed by atoms with Crippen LogP contribution in [0.25, 0.3) is 0 Å². The van der Waals surface area contributed by atoms with Gasteiger partial charge in [-0.05, 0) is 24.8 Å². The molecule has 0 fully saturated rings. The van der Waals surface area contributed by atoms with Gasteiger partial charge in [0.05, 0.1) is 0 Å². The molecule has 0 radical (unpaired) electrons. The smallest absolute Gasteiger partial charge is 0.0441 e. The summed E-state index contributed by atoms with van der Waals surface area (Å²) in [5.74, 6) is 0. The summed E-state index contributed by atoms with van der Waals surface area (Å²) in [6, 6.07) is 4.64. The largest absolute Gasteiger partial charge is 0.308 e. The molecule has 15 heavy (non-hydrogen) atoms. The van der Waals surface area contributed by atoms with E-state index in [2.05, 4.69) is 29.8 Å². The topological polar surface area (TPSA) is 29.1 Å². The van der Waals surface area contributed by atoms with Gasteiger partial charge in [-0.15, -0.1) is 11.3 Å². The summed E-state index contributed by atoms with van der Waals surface area (Å²) in [4.78, 5) is 1.37. The Labute approximate surface area is 98.6 Å². The normalized spacial score (nSPS) is 17.3. The molecule has 0 saturated heterocycles. The predicted octanol–water partition coefficient (Wildman–Crippen LogP) is 2.56. The lowest BCUT2D eigenvalue weighted by Gasteiger charge is -2.17. The molecule has 2 nitrogen and oxygen atoms in total. The molecule has 3 unspecified atom stereocenters. The van der Waals surface area contributed by atoms with Crippen molar-refractivity contribution in [1.29, 1.82) is 0 Å². The molecule has 86 valence electrons. The van der Waals surface area contributed by atoms with Gasteiger partial charge in [-0.1, -0.05) is 13.0 Å². The van der Waals surface area contributed by atoms with Crippen LogP contribution in [0.4, 0.5) is 0 Å². The Morgan fingerprint density at radius 3 is 2.80 bits per heavy atom. The van der Waals surface area contributed by atoms with E-state index in [1.165, 1.54) is 4.88 Å². The van der Waals surface area contributed by atoms with E-state index in [9.17, 15) is 4.21 Å². The zero-order valence-corrected chi connectivity index (χ0v) is 11.2. The standard InChI is InChI=1S/C11H19NOS2/c1-4-10(11-6-5-7-14-11)12-8-9(2)15(3)13/h5-7,9-10,12H,4,8H2,1-3H3. The first-order valence-corrected chi connectivity index (χ1v) is 7.74. The van der Waals surface area contributed by atoms with Gasteiger partial charge in [-0.2, -0.15) is 0 Å². The quantitative estimate of drug-likeness (QED) is 0.834. The van der Waals surface area contributed by atoms with Crippen molar-refractivity contribution in [1.82, 2.24) is 5.32 Å². The molecule has 0 bridgehead atoms. The predicted molar refractivity (Wildman–Crippen MR) is 68.9 cm³/mol. The summed E-state index contributed by atoms with van der Waals surface area (Å²) in [6.07, 6.45) is 2.84. The van der Waals surface area contributed by atoms with Gasteiger partial charge in [0.2, 0.25) is 0 Å². The molecule has 1 heterocycles. The molecule has 0 aliphatic rings. The van der Waals surface area contributed by atoms with E-state index in [1.807, 2.05) is 6.92 Å². The highest BCUT2D eigenvalue weighted by Gasteiger charge is 2.12. The van der Waals surface area contributed by atoms with Gasteiger partial charge in [0.25, 0.3) is 0 Å². The van der Waals surface area contributed by atoms with Crippen molar-refractivity contribution < 1.29 is 4.21 Å². The maximum atomic E-state index is 11.2. The molecular formula is C11H19NOS2. The van der Waals surface area contributed by atoms with Crippen LogP contribution in [0.1, 0.15) is 31.2 Å². The van der Waals surface area contributed by atoms with Crippen LogP contribution in [0.3, 0.4) is 0 Å². The van der Waals surface area contributed by atoms with Crippen LogP contribution in [-0.4, -0.2) is 22.3 Å². The second kappa shape index (κ2) is 6.40. The molecular weight excluding hydrogens is 226 g/mol. The van der Waals surface area contributed by atoms with Crippen LogP contribution in [0.2, 0.25) is 0 Å². The van der Waals surface area contributed by atoms with E-state index in [4.69, 9.17) is 0 Å². The van der Waals surface area contributed by atoms with Crippen molar-refractivity contribution in [3.63, 3.8) is 0 Å². The third-order valence-corrected chi connectivity index (χ3v) is 4.80. The summed E-state index contributed by atoms with van der Waals surface area (Å²) in [6.45, 7) is 5.01. The maximum Gasteiger partial charge on any atom is 0.0441 e. The van der Waals surface area contributed by atoms with Crippen LogP contribution in [0.15, 0.2) is 17.5 Å². The molecule has 0 spiro atoms. The monoisotopic (exact) mass is 245 g/mol. The third-order valence-electron chi connectivity index (χ3n) is 2.51. The fourth-order valence-electron chi connectivity index (χ4n) is 1.36. The van der Waals surface area contributed by atoms with Gasteiger partial charge >= 0.3 is 0 Å². The number of hydrogen-bond acceptors (Lipinski definition) is 3.